The maximum atomic E-state index is 6.68. The molecular formula is C52H33BN2O3. The van der Waals surface area contributed by atoms with Gasteiger partial charge in [-0.25, -0.2) is 0 Å². The number of para-hydroxylation sites is 3. The summed E-state index contributed by atoms with van der Waals surface area (Å²) in [4.78, 5) is 2.58. The molecule has 58 heavy (non-hydrogen) atoms. The summed E-state index contributed by atoms with van der Waals surface area (Å²) < 4.78 is 22.3. The molecule has 14 rings (SSSR count). The van der Waals surface area contributed by atoms with Gasteiger partial charge in [0.25, 0.3) is 0 Å². The first-order valence-electron chi connectivity index (χ1n) is 20.1. The average molecular weight is 745 g/mol. The molecule has 0 aliphatic carbocycles. The number of fused-ring (bicyclic) bond motifs is 17. The molecule has 0 saturated heterocycles. The molecule has 5 nitrogen and oxygen atoms in total. The molecule has 0 bridgehead atoms. The highest BCUT2D eigenvalue weighted by Crippen LogP contribution is 2.49. The van der Waals surface area contributed by atoms with Gasteiger partial charge in [-0.05, 0) is 88.1 Å². The number of hydrogen-bond donors (Lipinski definition) is 0. The van der Waals surface area contributed by atoms with Crippen molar-refractivity contribution in [1.29, 1.82) is 0 Å². The van der Waals surface area contributed by atoms with Crippen LogP contribution in [0.15, 0.2) is 159 Å². The topological polar surface area (TPSA) is 47.6 Å². The summed E-state index contributed by atoms with van der Waals surface area (Å²) in [5, 5.41) is 9.15. The third-order valence-corrected chi connectivity index (χ3v) is 13.1. The van der Waals surface area contributed by atoms with Crippen LogP contribution in [-0.2, 0) is 5.41 Å². The van der Waals surface area contributed by atoms with E-state index in [0.29, 0.717) is 0 Å². The van der Waals surface area contributed by atoms with E-state index in [9.17, 15) is 0 Å². The van der Waals surface area contributed by atoms with E-state index in [1.165, 1.54) is 38.3 Å². The molecule has 2 aliphatic heterocycles. The third kappa shape index (κ3) is 3.83. The van der Waals surface area contributed by atoms with E-state index < -0.39 is 0 Å². The highest BCUT2D eigenvalue weighted by atomic mass is 16.3. The second-order valence-electron chi connectivity index (χ2n) is 17.3. The van der Waals surface area contributed by atoms with Crippen LogP contribution in [0.5, 0.6) is 0 Å². The number of rotatable bonds is 1. The molecule has 0 unspecified atom stereocenters. The number of aromatic nitrogens is 1. The van der Waals surface area contributed by atoms with Crippen molar-refractivity contribution < 1.29 is 13.3 Å². The van der Waals surface area contributed by atoms with Gasteiger partial charge in [-0.2, -0.15) is 0 Å². The minimum Gasteiger partial charge on any atom is -0.456 e. The molecule has 0 spiro atoms. The molecule has 12 aromatic rings. The van der Waals surface area contributed by atoms with E-state index in [0.717, 1.165) is 94.0 Å². The van der Waals surface area contributed by atoms with Gasteiger partial charge in [0.05, 0.1) is 11.0 Å². The summed E-state index contributed by atoms with van der Waals surface area (Å²) in [6.45, 7) is 6.68. The first-order chi connectivity index (χ1) is 28.4. The number of furan rings is 3. The molecule has 272 valence electrons. The van der Waals surface area contributed by atoms with E-state index >= 15 is 0 Å². The van der Waals surface area contributed by atoms with Crippen molar-refractivity contribution in [2.75, 3.05) is 4.81 Å². The largest absolute Gasteiger partial charge is 0.456 e. The monoisotopic (exact) mass is 744 g/mol. The fraction of sp³-hybridized carbons (Fsp3) is 0.0769. The molecule has 0 saturated carbocycles. The average Bonchev–Trinajstić information content (AvgIpc) is 3.99. The Bertz CT molecular complexity index is 3800. The third-order valence-electron chi connectivity index (χ3n) is 13.1. The normalized spacial score (nSPS) is 13.7. The zero-order valence-corrected chi connectivity index (χ0v) is 32.1. The number of anilines is 2. The Morgan fingerprint density at radius 1 is 0.448 bits per heavy atom. The highest BCUT2D eigenvalue weighted by Gasteiger charge is 2.45. The molecule has 0 fully saturated rings. The lowest BCUT2D eigenvalue weighted by Gasteiger charge is -2.42. The molecule has 4 aromatic heterocycles. The zero-order chi connectivity index (χ0) is 38.2. The van der Waals surface area contributed by atoms with Gasteiger partial charge >= 0.3 is 6.85 Å². The lowest BCUT2D eigenvalue weighted by atomic mass is 9.44. The van der Waals surface area contributed by atoms with Crippen molar-refractivity contribution in [2.45, 2.75) is 26.2 Å². The number of benzene rings is 8. The number of hydrogen-bond acceptors (Lipinski definition) is 4. The molecule has 6 heterocycles. The molecule has 2 aliphatic rings. The van der Waals surface area contributed by atoms with E-state index in [2.05, 4.69) is 164 Å². The predicted molar refractivity (Wildman–Crippen MR) is 240 cm³/mol. The maximum Gasteiger partial charge on any atom is 0.333 e. The van der Waals surface area contributed by atoms with Crippen LogP contribution in [0.25, 0.3) is 104 Å². The minimum absolute atomic E-state index is 0.0226. The van der Waals surface area contributed by atoms with Crippen molar-refractivity contribution >= 4 is 117 Å². The molecular weight excluding hydrogens is 711 g/mol. The highest BCUT2D eigenvalue weighted by molar-refractivity contribution is 6.94. The minimum atomic E-state index is -0.157. The molecule has 0 N–H and O–H groups in total. The number of nitrogens with zero attached hydrogens (tertiary/aromatic N) is 2. The van der Waals surface area contributed by atoms with Crippen LogP contribution in [0.1, 0.15) is 26.3 Å². The SMILES string of the molecule is CC(C)(C)c1ccc(N2B3c4cc5oc6ccccc6c5cc4-n4c5cc6oc7ccccc7c6cc5c5ccc(c3c54)-c3cc4oc5ccccc5c4cc32)cc1. The van der Waals surface area contributed by atoms with E-state index in [1.54, 1.807) is 0 Å². The fourth-order valence-corrected chi connectivity index (χ4v) is 10.4. The van der Waals surface area contributed by atoms with Crippen LogP contribution in [0.3, 0.4) is 0 Å². The molecule has 0 amide bonds. The van der Waals surface area contributed by atoms with Gasteiger partial charge in [0.2, 0.25) is 0 Å². The molecule has 0 radical (unpaired) electrons. The quantitative estimate of drug-likeness (QED) is 0.157. The Labute approximate surface area is 332 Å². The second-order valence-corrected chi connectivity index (χ2v) is 17.3. The predicted octanol–water partition coefficient (Wildman–Crippen LogP) is 13.0. The molecule has 8 aromatic carbocycles. The van der Waals surface area contributed by atoms with Crippen molar-refractivity contribution in [3.05, 3.63) is 151 Å². The smallest absolute Gasteiger partial charge is 0.333 e. The van der Waals surface area contributed by atoms with Gasteiger partial charge in [-0.1, -0.05) is 99.6 Å². The summed E-state index contributed by atoms with van der Waals surface area (Å²) in [7, 11) is 0. The molecule has 0 atom stereocenters. The lowest BCUT2D eigenvalue weighted by molar-refractivity contribution is 0.590. The first-order valence-corrected chi connectivity index (χ1v) is 20.1. The summed E-state index contributed by atoms with van der Waals surface area (Å²) in [5.74, 6) is 0. The lowest BCUT2D eigenvalue weighted by Crippen LogP contribution is -2.60. The van der Waals surface area contributed by atoms with Crippen molar-refractivity contribution in [3.8, 4) is 16.8 Å². The van der Waals surface area contributed by atoms with Gasteiger partial charge in [0.15, 0.2) is 0 Å². The van der Waals surface area contributed by atoms with Crippen molar-refractivity contribution in [2.24, 2.45) is 0 Å². The van der Waals surface area contributed by atoms with Gasteiger partial charge in [0, 0.05) is 71.8 Å². The zero-order valence-electron chi connectivity index (χ0n) is 32.1. The Balaban J connectivity index is 1.17. The first kappa shape index (κ1) is 31.0. The van der Waals surface area contributed by atoms with Crippen molar-refractivity contribution in [1.82, 2.24) is 4.57 Å². The van der Waals surface area contributed by atoms with Gasteiger partial charge in [-0.15, -0.1) is 0 Å². The maximum absolute atomic E-state index is 6.68. The standard InChI is InChI=1S/C52H33BN2O3/c1-52(2,3)28-16-18-29(19-17-28)55-42-23-38-31-11-5-8-14-45(31)56-47(38)25-36(42)33-20-21-34-35-22-37-30-10-4-7-13-44(30)58-49(37)27-41(35)54-43-24-39-32-12-6-9-15-46(32)57-48(39)26-40(43)53(55)50(33)51(34)54/h4-27H,1-3H3. The van der Waals surface area contributed by atoms with E-state index in [4.69, 9.17) is 13.3 Å². The van der Waals surface area contributed by atoms with Crippen LogP contribution in [0.2, 0.25) is 0 Å². The Hall–Kier alpha value is -7.18. The Morgan fingerprint density at radius 3 is 1.66 bits per heavy atom. The second kappa shape index (κ2) is 10.4. The van der Waals surface area contributed by atoms with Gasteiger partial charge < -0.3 is 22.6 Å². The Morgan fingerprint density at radius 2 is 1.02 bits per heavy atom. The summed E-state index contributed by atoms with van der Waals surface area (Å²) >= 11 is 0. The fourth-order valence-electron chi connectivity index (χ4n) is 10.4. The van der Waals surface area contributed by atoms with Crippen molar-refractivity contribution in [3.63, 3.8) is 0 Å². The van der Waals surface area contributed by atoms with Crippen LogP contribution in [-0.4, -0.2) is 11.4 Å². The van der Waals surface area contributed by atoms with Gasteiger partial charge in [0.1, 0.15) is 33.5 Å². The Kier molecular flexibility index (Phi) is 5.56. The summed E-state index contributed by atoms with van der Waals surface area (Å²) in [6.07, 6.45) is 0. The van der Waals surface area contributed by atoms with Crippen LogP contribution < -0.4 is 15.7 Å². The summed E-state index contributed by atoms with van der Waals surface area (Å²) in [6, 6.07) is 53.0. The van der Waals surface area contributed by atoms with Crippen LogP contribution in [0.4, 0.5) is 11.4 Å². The van der Waals surface area contributed by atoms with E-state index in [-0.39, 0.29) is 12.3 Å². The van der Waals surface area contributed by atoms with Gasteiger partial charge in [-0.3, -0.25) is 0 Å². The molecule has 6 heteroatoms. The van der Waals surface area contributed by atoms with Crippen LogP contribution in [0, 0.1) is 0 Å². The summed E-state index contributed by atoms with van der Waals surface area (Å²) in [5.41, 5.74) is 17.3. The van der Waals surface area contributed by atoms with E-state index in [1.807, 2.05) is 12.1 Å². The van der Waals surface area contributed by atoms with Crippen LogP contribution >= 0.6 is 0 Å².